The van der Waals surface area contributed by atoms with E-state index >= 15 is 0 Å². The van der Waals surface area contributed by atoms with Crippen molar-refractivity contribution in [2.24, 2.45) is 0 Å². The van der Waals surface area contributed by atoms with Crippen LogP contribution in [0.4, 0.5) is 4.39 Å². The molecule has 0 heterocycles. The molecule has 1 unspecified atom stereocenters. The lowest BCUT2D eigenvalue weighted by Crippen LogP contribution is -2.12. The monoisotopic (exact) mass is 255 g/mol. The molecule has 2 aromatic carbocycles. The molecule has 1 aliphatic rings. The fourth-order valence-corrected chi connectivity index (χ4v) is 3.11. The molecule has 0 fully saturated rings. The van der Waals surface area contributed by atoms with E-state index in [0.29, 0.717) is 6.04 Å². The van der Waals surface area contributed by atoms with Gasteiger partial charge in [0, 0.05) is 6.04 Å². The first-order valence-electron chi connectivity index (χ1n) is 6.77. The van der Waals surface area contributed by atoms with Gasteiger partial charge in [-0.05, 0) is 60.7 Å². The molecule has 1 aliphatic carbocycles. The maximum absolute atomic E-state index is 13.7. The molecular formula is C17H18FN. The van der Waals surface area contributed by atoms with Crippen molar-refractivity contribution >= 4 is 0 Å². The first-order valence-corrected chi connectivity index (χ1v) is 6.77. The molecule has 1 atom stereocenters. The summed E-state index contributed by atoms with van der Waals surface area (Å²) in [6.45, 7) is 1.86. The zero-order valence-electron chi connectivity index (χ0n) is 11.3. The summed E-state index contributed by atoms with van der Waals surface area (Å²) in [5.41, 5.74) is 5.68. The summed E-state index contributed by atoms with van der Waals surface area (Å²) in [5.74, 6) is -0.127. The summed E-state index contributed by atoms with van der Waals surface area (Å²) in [4.78, 5) is 0. The van der Waals surface area contributed by atoms with E-state index in [1.54, 1.807) is 6.07 Å². The van der Waals surface area contributed by atoms with Crippen molar-refractivity contribution in [2.45, 2.75) is 25.8 Å². The Hall–Kier alpha value is -1.67. The quantitative estimate of drug-likeness (QED) is 0.855. The molecule has 0 amide bonds. The average molecular weight is 255 g/mol. The minimum Gasteiger partial charge on any atom is -0.313 e. The van der Waals surface area contributed by atoms with Crippen molar-refractivity contribution in [3.8, 4) is 11.1 Å². The van der Waals surface area contributed by atoms with E-state index < -0.39 is 0 Å². The van der Waals surface area contributed by atoms with Gasteiger partial charge < -0.3 is 5.32 Å². The fourth-order valence-electron chi connectivity index (χ4n) is 3.11. The number of rotatable bonds is 2. The lowest BCUT2D eigenvalue weighted by molar-refractivity contribution is 0.590. The van der Waals surface area contributed by atoms with Crippen LogP contribution in [0.3, 0.4) is 0 Å². The number of hydrogen-bond donors (Lipinski definition) is 1. The summed E-state index contributed by atoms with van der Waals surface area (Å²) in [7, 11) is 2.00. The van der Waals surface area contributed by atoms with Crippen LogP contribution in [0, 0.1) is 12.7 Å². The molecule has 0 radical (unpaired) electrons. The number of nitrogens with one attached hydrogen (secondary N) is 1. The summed E-state index contributed by atoms with van der Waals surface area (Å²) < 4.78 is 13.7. The van der Waals surface area contributed by atoms with Crippen molar-refractivity contribution in [3.05, 3.63) is 58.9 Å². The highest BCUT2D eigenvalue weighted by Gasteiger charge is 2.24. The minimum absolute atomic E-state index is 0.127. The third-order valence-corrected chi connectivity index (χ3v) is 4.18. The normalized spacial score (nSPS) is 17.5. The van der Waals surface area contributed by atoms with Gasteiger partial charge in [0.2, 0.25) is 0 Å². The van der Waals surface area contributed by atoms with Crippen molar-refractivity contribution in [2.75, 3.05) is 7.05 Å². The molecule has 0 spiro atoms. The molecule has 0 saturated carbocycles. The van der Waals surface area contributed by atoms with Gasteiger partial charge >= 0.3 is 0 Å². The molecule has 2 aromatic rings. The van der Waals surface area contributed by atoms with Crippen LogP contribution in [-0.2, 0) is 6.42 Å². The molecule has 19 heavy (non-hydrogen) atoms. The Morgan fingerprint density at radius 1 is 1.11 bits per heavy atom. The second-order valence-electron chi connectivity index (χ2n) is 5.17. The molecule has 3 rings (SSSR count). The molecule has 0 aromatic heterocycles. The van der Waals surface area contributed by atoms with E-state index in [-0.39, 0.29) is 5.82 Å². The van der Waals surface area contributed by atoms with Gasteiger partial charge in [-0.3, -0.25) is 0 Å². The van der Waals surface area contributed by atoms with Crippen LogP contribution in [0.25, 0.3) is 11.1 Å². The Kier molecular flexibility index (Phi) is 3.11. The zero-order valence-corrected chi connectivity index (χ0v) is 11.3. The van der Waals surface area contributed by atoms with Crippen LogP contribution in [0.15, 0.2) is 36.4 Å². The number of hydrogen-bond acceptors (Lipinski definition) is 1. The van der Waals surface area contributed by atoms with Crippen molar-refractivity contribution < 1.29 is 4.39 Å². The van der Waals surface area contributed by atoms with E-state index in [4.69, 9.17) is 0 Å². The molecule has 0 bridgehead atoms. The van der Waals surface area contributed by atoms with Crippen LogP contribution in [0.2, 0.25) is 0 Å². The smallest absolute Gasteiger partial charge is 0.126 e. The third-order valence-electron chi connectivity index (χ3n) is 4.18. The maximum Gasteiger partial charge on any atom is 0.126 e. The lowest BCUT2D eigenvalue weighted by atomic mass is 9.93. The van der Waals surface area contributed by atoms with Gasteiger partial charge in [0.15, 0.2) is 0 Å². The third kappa shape index (κ3) is 1.96. The summed E-state index contributed by atoms with van der Waals surface area (Å²) in [5, 5.41) is 3.35. The number of fused-ring (bicyclic) bond motifs is 1. The first kappa shape index (κ1) is 12.4. The molecule has 0 aliphatic heterocycles. The summed E-state index contributed by atoms with van der Waals surface area (Å²) >= 11 is 0. The van der Waals surface area contributed by atoms with E-state index in [0.717, 1.165) is 24.0 Å². The molecular weight excluding hydrogens is 237 g/mol. The van der Waals surface area contributed by atoms with Crippen molar-refractivity contribution in [1.29, 1.82) is 0 Å². The first-order chi connectivity index (χ1) is 9.22. The van der Waals surface area contributed by atoms with Gasteiger partial charge in [0.05, 0.1) is 0 Å². The Morgan fingerprint density at radius 3 is 2.63 bits per heavy atom. The molecule has 1 nitrogen and oxygen atoms in total. The van der Waals surface area contributed by atoms with Crippen LogP contribution < -0.4 is 5.32 Å². The van der Waals surface area contributed by atoms with Crippen molar-refractivity contribution in [3.63, 3.8) is 0 Å². The van der Waals surface area contributed by atoms with Gasteiger partial charge in [-0.2, -0.15) is 0 Å². The van der Waals surface area contributed by atoms with Gasteiger partial charge in [0.25, 0.3) is 0 Å². The van der Waals surface area contributed by atoms with E-state index in [1.807, 2.05) is 20.0 Å². The molecule has 2 heteroatoms. The zero-order chi connectivity index (χ0) is 13.4. The van der Waals surface area contributed by atoms with Crippen molar-refractivity contribution in [1.82, 2.24) is 5.32 Å². The largest absolute Gasteiger partial charge is 0.313 e. The second kappa shape index (κ2) is 4.78. The predicted octanol–water partition coefficient (Wildman–Crippen LogP) is 4.01. The van der Waals surface area contributed by atoms with Gasteiger partial charge in [-0.1, -0.05) is 30.3 Å². The van der Waals surface area contributed by atoms with Gasteiger partial charge in [-0.25, -0.2) is 4.39 Å². The topological polar surface area (TPSA) is 12.0 Å². The fraction of sp³-hybridized carbons (Fsp3) is 0.294. The predicted molar refractivity (Wildman–Crippen MR) is 76.7 cm³/mol. The standard InChI is InChI=1S/C17H18FN/c1-11-12(5-4-8-16(11)18)13-6-3-7-15-14(13)9-10-17(15)19-2/h3-8,17,19H,9-10H2,1-2H3. The van der Waals surface area contributed by atoms with E-state index in [9.17, 15) is 4.39 Å². The SMILES string of the molecule is CNC1CCc2c(-c3cccc(F)c3C)cccc21. The molecule has 0 saturated heterocycles. The minimum atomic E-state index is -0.127. The Balaban J connectivity index is 2.17. The van der Waals surface area contributed by atoms with Crippen LogP contribution >= 0.6 is 0 Å². The Morgan fingerprint density at radius 2 is 1.84 bits per heavy atom. The van der Waals surface area contributed by atoms with Crippen LogP contribution in [0.1, 0.15) is 29.2 Å². The van der Waals surface area contributed by atoms with Crippen LogP contribution in [0.5, 0.6) is 0 Å². The van der Waals surface area contributed by atoms with E-state index in [1.165, 1.54) is 22.8 Å². The second-order valence-corrected chi connectivity index (χ2v) is 5.17. The van der Waals surface area contributed by atoms with E-state index in [2.05, 4.69) is 23.5 Å². The highest BCUT2D eigenvalue weighted by atomic mass is 19.1. The molecule has 98 valence electrons. The van der Waals surface area contributed by atoms with Gasteiger partial charge in [0.1, 0.15) is 5.82 Å². The summed E-state index contributed by atoms with van der Waals surface area (Å²) in [6.07, 6.45) is 2.18. The maximum atomic E-state index is 13.7. The summed E-state index contributed by atoms with van der Waals surface area (Å²) in [6, 6.07) is 12.1. The lowest BCUT2D eigenvalue weighted by Gasteiger charge is -2.14. The highest BCUT2D eigenvalue weighted by molar-refractivity contribution is 5.72. The number of benzene rings is 2. The van der Waals surface area contributed by atoms with Gasteiger partial charge in [-0.15, -0.1) is 0 Å². The Bertz CT molecular complexity index is 619. The highest BCUT2D eigenvalue weighted by Crippen LogP contribution is 2.38. The Labute approximate surface area is 113 Å². The van der Waals surface area contributed by atoms with Crippen LogP contribution in [-0.4, -0.2) is 7.05 Å². The molecule has 1 N–H and O–H groups in total. The number of halogens is 1. The average Bonchev–Trinajstić information content (AvgIpc) is 2.85.